The first-order chi connectivity index (χ1) is 16.0. The van der Waals surface area contributed by atoms with E-state index < -0.39 is 6.10 Å². The van der Waals surface area contributed by atoms with Gasteiger partial charge in [-0.1, -0.05) is 72.3 Å². The van der Waals surface area contributed by atoms with Gasteiger partial charge >= 0.3 is 0 Å². The normalized spacial score (nSPS) is 16.5. The van der Waals surface area contributed by atoms with Gasteiger partial charge in [0.15, 0.2) is 6.10 Å². The number of rotatable bonds is 8. The molecule has 4 heteroatoms. The van der Waals surface area contributed by atoms with Crippen molar-refractivity contribution in [2.75, 3.05) is 13.1 Å². The Balaban J connectivity index is 1.64. The summed E-state index contributed by atoms with van der Waals surface area (Å²) in [7, 11) is 0. The van der Waals surface area contributed by atoms with Gasteiger partial charge in [-0.2, -0.15) is 0 Å². The summed E-state index contributed by atoms with van der Waals surface area (Å²) in [6, 6.07) is 25.8. The van der Waals surface area contributed by atoms with Crippen LogP contribution >= 0.6 is 0 Å². The summed E-state index contributed by atoms with van der Waals surface area (Å²) >= 11 is 0. The maximum Gasteiger partial charge on any atom is 0.261 e. The second-order valence-corrected chi connectivity index (χ2v) is 8.68. The molecule has 0 saturated heterocycles. The van der Waals surface area contributed by atoms with Gasteiger partial charge in [0.05, 0.1) is 6.04 Å². The topological polar surface area (TPSA) is 41.6 Å². The quantitative estimate of drug-likeness (QED) is 0.489. The lowest BCUT2D eigenvalue weighted by atomic mass is 9.87. The van der Waals surface area contributed by atoms with Crippen molar-refractivity contribution in [1.82, 2.24) is 10.2 Å². The summed E-state index contributed by atoms with van der Waals surface area (Å²) in [6.45, 7) is 9.86. The predicted octanol–water partition coefficient (Wildman–Crippen LogP) is 5.21. The highest BCUT2D eigenvalue weighted by atomic mass is 16.5. The number of aryl methyl sites for hydroxylation is 1. The number of ether oxygens (including phenoxy) is 1. The number of carbonyl (C=O) groups excluding carboxylic acids is 1. The number of hydrogen-bond acceptors (Lipinski definition) is 3. The second kappa shape index (κ2) is 10.5. The molecule has 0 spiro atoms. The molecule has 4 nitrogen and oxygen atoms in total. The van der Waals surface area contributed by atoms with Gasteiger partial charge in [0.25, 0.3) is 5.91 Å². The number of nitrogens with zero attached hydrogens (tertiary/aromatic N) is 1. The first-order valence-corrected chi connectivity index (χ1v) is 11.6. The number of benzene rings is 3. The Bertz CT molecular complexity index is 1110. The van der Waals surface area contributed by atoms with Crippen LogP contribution in [0.3, 0.4) is 0 Å². The minimum Gasteiger partial charge on any atom is -0.481 e. The largest absolute Gasteiger partial charge is 0.481 e. The van der Waals surface area contributed by atoms with Gasteiger partial charge in [0.2, 0.25) is 0 Å². The molecule has 1 amide bonds. The van der Waals surface area contributed by atoms with E-state index in [-0.39, 0.29) is 11.9 Å². The van der Waals surface area contributed by atoms with Crippen LogP contribution in [-0.2, 0) is 17.8 Å². The standard InChI is InChI=1S/C29H32N2O2/c1-4-16-30-29(32)22(3)33-26-14-13-24-15-17-31(20-23-10-8-9-21(2)18-23)28(27(24)19-26)25-11-6-5-7-12-25/h4-14,18-19,22,28H,1,15-17,20H2,2-3H3,(H,30,32)/t22-,28-/m0/s1. The Morgan fingerprint density at radius 1 is 1.15 bits per heavy atom. The number of fused-ring (bicyclic) bond motifs is 1. The molecule has 0 unspecified atom stereocenters. The first-order valence-electron chi connectivity index (χ1n) is 11.6. The van der Waals surface area contributed by atoms with E-state index in [1.165, 1.54) is 27.8 Å². The zero-order valence-electron chi connectivity index (χ0n) is 19.5. The minimum absolute atomic E-state index is 0.129. The number of amides is 1. The summed E-state index contributed by atoms with van der Waals surface area (Å²) in [4.78, 5) is 14.8. The molecule has 170 valence electrons. The molecule has 0 fully saturated rings. The van der Waals surface area contributed by atoms with Crippen LogP contribution in [0.4, 0.5) is 0 Å². The Kier molecular flexibility index (Phi) is 7.26. The van der Waals surface area contributed by atoms with Crippen molar-refractivity contribution in [2.45, 2.75) is 39.0 Å². The second-order valence-electron chi connectivity index (χ2n) is 8.68. The molecule has 0 radical (unpaired) electrons. The van der Waals surface area contributed by atoms with Crippen molar-refractivity contribution >= 4 is 5.91 Å². The molecule has 4 rings (SSSR count). The van der Waals surface area contributed by atoms with Crippen LogP contribution in [0.15, 0.2) is 85.5 Å². The van der Waals surface area contributed by atoms with Crippen LogP contribution in [0.5, 0.6) is 5.75 Å². The maximum atomic E-state index is 12.3. The maximum absolute atomic E-state index is 12.3. The van der Waals surface area contributed by atoms with Crippen LogP contribution in [0.1, 0.15) is 40.8 Å². The summed E-state index contributed by atoms with van der Waals surface area (Å²) in [5.41, 5.74) is 6.44. The molecule has 1 heterocycles. The van der Waals surface area contributed by atoms with Gasteiger partial charge in [-0.15, -0.1) is 6.58 Å². The van der Waals surface area contributed by atoms with Crippen molar-refractivity contribution in [3.05, 3.63) is 113 Å². The van der Waals surface area contributed by atoms with Crippen molar-refractivity contribution in [3.63, 3.8) is 0 Å². The van der Waals surface area contributed by atoms with E-state index in [4.69, 9.17) is 4.74 Å². The molecule has 1 N–H and O–H groups in total. The van der Waals surface area contributed by atoms with Crippen LogP contribution in [0.2, 0.25) is 0 Å². The monoisotopic (exact) mass is 440 g/mol. The molecule has 1 aliphatic rings. The van der Waals surface area contributed by atoms with Gasteiger partial charge in [-0.05, 0) is 54.7 Å². The number of hydrogen-bond donors (Lipinski definition) is 1. The molecule has 3 aromatic carbocycles. The van der Waals surface area contributed by atoms with E-state index in [1.54, 1.807) is 13.0 Å². The molecule has 0 bridgehead atoms. The average Bonchev–Trinajstić information content (AvgIpc) is 2.83. The van der Waals surface area contributed by atoms with Crippen molar-refractivity contribution in [1.29, 1.82) is 0 Å². The van der Waals surface area contributed by atoms with Gasteiger partial charge in [-0.25, -0.2) is 0 Å². The highest BCUT2D eigenvalue weighted by Gasteiger charge is 2.29. The summed E-state index contributed by atoms with van der Waals surface area (Å²) < 4.78 is 6.03. The highest BCUT2D eigenvalue weighted by molar-refractivity contribution is 5.80. The van der Waals surface area contributed by atoms with Crippen LogP contribution in [-0.4, -0.2) is 30.0 Å². The third-order valence-electron chi connectivity index (χ3n) is 6.13. The van der Waals surface area contributed by atoms with E-state index >= 15 is 0 Å². The fourth-order valence-electron chi connectivity index (χ4n) is 4.53. The lowest BCUT2D eigenvalue weighted by Gasteiger charge is -2.38. The van der Waals surface area contributed by atoms with Crippen LogP contribution in [0, 0.1) is 6.92 Å². The fourth-order valence-corrected chi connectivity index (χ4v) is 4.53. The molecule has 33 heavy (non-hydrogen) atoms. The predicted molar refractivity (Wildman–Crippen MR) is 133 cm³/mol. The van der Waals surface area contributed by atoms with Crippen LogP contribution < -0.4 is 10.1 Å². The highest BCUT2D eigenvalue weighted by Crippen LogP contribution is 2.38. The molecule has 1 aliphatic heterocycles. The summed E-state index contributed by atoms with van der Waals surface area (Å²) in [5, 5.41) is 2.80. The average molecular weight is 441 g/mol. The lowest BCUT2D eigenvalue weighted by molar-refractivity contribution is -0.127. The molecule has 0 saturated carbocycles. The Morgan fingerprint density at radius 2 is 1.97 bits per heavy atom. The van der Waals surface area contributed by atoms with Crippen molar-refractivity contribution in [2.24, 2.45) is 0 Å². The lowest BCUT2D eigenvalue weighted by Crippen LogP contribution is -2.37. The van der Waals surface area contributed by atoms with Crippen LogP contribution in [0.25, 0.3) is 0 Å². The first kappa shape index (κ1) is 22.8. The molecular formula is C29H32N2O2. The summed E-state index contributed by atoms with van der Waals surface area (Å²) in [5.74, 6) is 0.571. The molecular weight excluding hydrogens is 408 g/mol. The van der Waals surface area contributed by atoms with E-state index in [9.17, 15) is 4.79 Å². The number of carbonyl (C=O) groups is 1. The summed E-state index contributed by atoms with van der Waals surface area (Å²) in [6.07, 6.45) is 2.07. The van der Waals surface area contributed by atoms with Gasteiger partial charge in [0, 0.05) is 19.6 Å². The van der Waals surface area contributed by atoms with Gasteiger partial charge in [-0.3, -0.25) is 9.69 Å². The zero-order valence-corrected chi connectivity index (χ0v) is 19.5. The minimum atomic E-state index is -0.579. The fraction of sp³-hybridized carbons (Fsp3) is 0.276. The molecule has 2 atom stereocenters. The molecule has 0 aromatic heterocycles. The third kappa shape index (κ3) is 5.52. The zero-order chi connectivity index (χ0) is 23.2. The SMILES string of the molecule is C=CCNC(=O)[C@H](C)Oc1ccc2c(c1)[C@H](c1ccccc1)N(Cc1cccc(C)c1)CC2. The molecule has 0 aliphatic carbocycles. The van der Waals surface area contributed by atoms with Gasteiger partial charge < -0.3 is 10.1 Å². The van der Waals surface area contributed by atoms with E-state index in [0.717, 1.165) is 19.5 Å². The molecule has 3 aromatic rings. The van der Waals surface area contributed by atoms with E-state index in [2.05, 4.69) is 90.4 Å². The Morgan fingerprint density at radius 3 is 2.73 bits per heavy atom. The Labute approximate surface area is 196 Å². The van der Waals surface area contributed by atoms with E-state index in [0.29, 0.717) is 12.3 Å². The van der Waals surface area contributed by atoms with Gasteiger partial charge in [0.1, 0.15) is 5.75 Å². The van der Waals surface area contributed by atoms with E-state index in [1.807, 2.05) is 6.07 Å². The third-order valence-corrected chi connectivity index (χ3v) is 6.13. The smallest absolute Gasteiger partial charge is 0.261 e. The van der Waals surface area contributed by atoms with Crippen molar-refractivity contribution < 1.29 is 9.53 Å². The number of nitrogens with one attached hydrogen (secondary N) is 1. The van der Waals surface area contributed by atoms with Crippen molar-refractivity contribution in [3.8, 4) is 5.75 Å². The Hall–Kier alpha value is -3.37.